The minimum atomic E-state index is -0.759. The Kier molecular flexibility index (Phi) is 5.82. The zero-order valence-corrected chi connectivity index (χ0v) is 20.7. The van der Waals surface area contributed by atoms with Crippen LogP contribution in [0.3, 0.4) is 0 Å². The van der Waals surface area contributed by atoms with Crippen LogP contribution in [0.25, 0.3) is 0 Å². The van der Waals surface area contributed by atoms with Gasteiger partial charge in [-0.25, -0.2) is 0 Å². The molecule has 1 saturated carbocycles. The molecule has 0 radical (unpaired) electrons. The van der Waals surface area contributed by atoms with Gasteiger partial charge < -0.3 is 10.1 Å². The van der Waals surface area contributed by atoms with E-state index in [2.05, 4.69) is 53.8 Å². The van der Waals surface area contributed by atoms with Crippen LogP contribution in [0.2, 0.25) is 0 Å². The largest absolute Gasteiger partial charge is 0.381 e. The van der Waals surface area contributed by atoms with Gasteiger partial charge in [-0.2, -0.15) is 0 Å². The molecule has 5 rings (SSSR count). The third-order valence-electron chi connectivity index (χ3n) is 8.24. The molecule has 2 aromatic carbocycles. The predicted molar refractivity (Wildman–Crippen MR) is 135 cm³/mol. The molecule has 1 atom stereocenters. The number of hydrogen-bond acceptors (Lipinski definition) is 3. The van der Waals surface area contributed by atoms with E-state index in [0.717, 1.165) is 50.5 Å². The minimum absolute atomic E-state index is 0.0366. The highest BCUT2D eigenvalue weighted by atomic mass is 32.1. The van der Waals surface area contributed by atoms with Crippen LogP contribution >= 0.6 is 12.2 Å². The Morgan fingerprint density at radius 2 is 1.79 bits per heavy atom. The maximum atomic E-state index is 14.2. The number of carbonyl (C=O) groups is 1. The Morgan fingerprint density at radius 3 is 2.42 bits per heavy atom. The third-order valence-corrected chi connectivity index (χ3v) is 8.54. The molecular weight excluding hydrogens is 428 g/mol. The van der Waals surface area contributed by atoms with E-state index in [0.29, 0.717) is 5.11 Å². The van der Waals surface area contributed by atoms with Crippen LogP contribution in [0, 0.1) is 5.41 Å². The number of nitrogens with zero attached hydrogens (tertiary/aromatic N) is 1. The van der Waals surface area contributed by atoms with E-state index in [1.54, 1.807) is 7.11 Å². The molecule has 4 nitrogen and oxygen atoms in total. The van der Waals surface area contributed by atoms with Crippen molar-refractivity contribution in [3.63, 3.8) is 0 Å². The second-order valence-electron chi connectivity index (χ2n) is 10.3. The summed E-state index contributed by atoms with van der Waals surface area (Å²) in [6, 6.07) is 17.5. The maximum absolute atomic E-state index is 14.2. The smallest absolute Gasteiger partial charge is 0.259 e. The first-order valence-electron chi connectivity index (χ1n) is 12.2. The van der Waals surface area contributed by atoms with Gasteiger partial charge in [-0.15, -0.1) is 0 Å². The molecule has 3 aliphatic rings. The number of ether oxygens (including phenoxy) is 1. The van der Waals surface area contributed by atoms with Gasteiger partial charge in [0.2, 0.25) is 0 Å². The van der Waals surface area contributed by atoms with Crippen molar-refractivity contribution >= 4 is 23.2 Å². The average molecular weight is 463 g/mol. The minimum Gasteiger partial charge on any atom is -0.381 e. The lowest BCUT2D eigenvalue weighted by Crippen LogP contribution is -2.57. The standard InChI is InChI=1S/C28H34N2O2S/c1-19(2)30-25(31)28(29-26(30)33)24-17-21(10-9-20-7-5-4-6-8-20)11-12-22(24)18-27(28)15-13-23(32-3)14-16-27/h4-8,11-12,17,19,23H,9-10,13-16,18H2,1-3H3,(H,29,33)/t23-,27-,28?. The van der Waals surface area contributed by atoms with Gasteiger partial charge in [0.05, 0.1) is 6.10 Å². The fourth-order valence-electron chi connectivity index (χ4n) is 6.49. The van der Waals surface area contributed by atoms with Gasteiger partial charge in [-0.05, 0) is 93.3 Å². The number of benzene rings is 2. The highest BCUT2D eigenvalue weighted by molar-refractivity contribution is 7.80. The van der Waals surface area contributed by atoms with Gasteiger partial charge in [0.15, 0.2) is 10.7 Å². The number of carbonyl (C=O) groups excluding carboxylic acids is 1. The van der Waals surface area contributed by atoms with Crippen molar-refractivity contribution in [2.45, 2.75) is 76.5 Å². The quantitative estimate of drug-likeness (QED) is 0.640. The van der Waals surface area contributed by atoms with Crippen LogP contribution in [0.1, 0.15) is 61.8 Å². The second-order valence-corrected chi connectivity index (χ2v) is 10.7. The molecule has 1 heterocycles. The Bertz CT molecular complexity index is 1060. The molecule has 1 unspecified atom stereocenters. The van der Waals surface area contributed by atoms with Crippen molar-refractivity contribution in [1.82, 2.24) is 10.2 Å². The second kappa shape index (κ2) is 8.52. The normalized spacial score (nSPS) is 28.7. The lowest BCUT2D eigenvalue weighted by Gasteiger charge is -2.46. The van der Waals surface area contributed by atoms with Gasteiger partial charge in [0, 0.05) is 18.6 Å². The number of thiocarbonyl (C=S) groups is 1. The SMILES string of the molecule is CO[C@H]1CC[C@]2(CC1)Cc1ccc(CCc3ccccc3)cc1C21NC(=S)N(C(C)C)C1=O. The monoisotopic (exact) mass is 462 g/mol. The molecule has 1 N–H and O–H groups in total. The van der Waals surface area contributed by atoms with Crippen LogP contribution < -0.4 is 5.32 Å². The Labute approximate surface area is 202 Å². The first-order chi connectivity index (χ1) is 15.9. The zero-order chi connectivity index (χ0) is 23.2. The highest BCUT2D eigenvalue weighted by Crippen LogP contribution is 2.60. The number of nitrogens with one attached hydrogen (secondary N) is 1. The Hall–Kier alpha value is -2.24. The van der Waals surface area contributed by atoms with E-state index >= 15 is 0 Å². The van der Waals surface area contributed by atoms with E-state index in [4.69, 9.17) is 17.0 Å². The molecule has 2 aliphatic carbocycles. The summed E-state index contributed by atoms with van der Waals surface area (Å²) in [5.74, 6) is 0.136. The third kappa shape index (κ3) is 3.52. The molecule has 0 aromatic heterocycles. The predicted octanol–water partition coefficient (Wildman–Crippen LogP) is 4.92. The van der Waals surface area contributed by atoms with Gasteiger partial charge in [0.1, 0.15) is 0 Å². The molecular formula is C28H34N2O2S. The highest BCUT2D eigenvalue weighted by Gasteiger charge is 2.67. The summed E-state index contributed by atoms with van der Waals surface area (Å²) in [4.78, 5) is 16.0. The number of fused-ring (bicyclic) bond motifs is 3. The fraction of sp³-hybridized carbons (Fsp3) is 0.500. The number of aryl methyl sites for hydroxylation is 2. The van der Waals surface area contributed by atoms with E-state index in [1.165, 1.54) is 16.7 Å². The first kappa shape index (κ1) is 22.5. The van der Waals surface area contributed by atoms with Crippen LogP contribution in [0.15, 0.2) is 48.5 Å². The summed E-state index contributed by atoms with van der Waals surface area (Å²) in [5, 5.41) is 4.20. The summed E-state index contributed by atoms with van der Waals surface area (Å²) < 4.78 is 5.68. The van der Waals surface area contributed by atoms with E-state index < -0.39 is 5.54 Å². The first-order valence-corrected chi connectivity index (χ1v) is 12.7. The Morgan fingerprint density at radius 1 is 1.09 bits per heavy atom. The van der Waals surface area contributed by atoms with Gasteiger partial charge in [-0.1, -0.05) is 48.5 Å². The molecule has 33 heavy (non-hydrogen) atoms. The van der Waals surface area contributed by atoms with Crippen LogP contribution in [0.4, 0.5) is 0 Å². The van der Waals surface area contributed by atoms with Crippen molar-refractivity contribution in [2.24, 2.45) is 5.41 Å². The molecule has 1 aliphatic heterocycles. The van der Waals surface area contributed by atoms with Crippen molar-refractivity contribution in [3.8, 4) is 0 Å². The molecule has 174 valence electrons. The average Bonchev–Trinajstić information content (AvgIpc) is 3.24. The van der Waals surface area contributed by atoms with Crippen LogP contribution in [-0.4, -0.2) is 35.2 Å². The lowest BCUT2D eigenvalue weighted by atomic mass is 9.61. The van der Waals surface area contributed by atoms with E-state index in [9.17, 15) is 4.79 Å². The summed E-state index contributed by atoms with van der Waals surface area (Å²) in [6.45, 7) is 4.09. The molecule has 5 heteroatoms. The van der Waals surface area contributed by atoms with Gasteiger partial charge >= 0.3 is 0 Å². The lowest BCUT2D eigenvalue weighted by molar-refractivity contribution is -0.139. The van der Waals surface area contributed by atoms with Crippen LogP contribution in [-0.2, 0) is 34.3 Å². The molecule has 0 bridgehead atoms. The Balaban J connectivity index is 1.54. The zero-order valence-electron chi connectivity index (χ0n) is 19.9. The van der Waals surface area contributed by atoms with Gasteiger partial charge in [0.25, 0.3) is 5.91 Å². The molecule has 2 spiro atoms. The maximum Gasteiger partial charge on any atom is 0.259 e. The summed E-state index contributed by atoms with van der Waals surface area (Å²) in [7, 11) is 1.80. The van der Waals surface area contributed by atoms with Crippen LogP contribution in [0.5, 0.6) is 0 Å². The summed E-state index contributed by atoms with van der Waals surface area (Å²) in [6.07, 6.45) is 7.05. The van der Waals surface area contributed by atoms with E-state index in [-0.39, 0.29) is 23.5 Å². The topological polar surface area (TPSA) is 41.6 Å². The fourth-order valence-corrected chi connectivity index (χ4v) is 6.93. The molecule has 1 saturated heterocycles. The molecule has 2 aromatic rings. The molecule has 1 amide bonds. The number of rotatable bonds is 5. The number of amides is 1. The van der Waals surface area contributed by atoms with Crippen molar-refractivity contribution < 1.29 is 9.53 Å². The van der Waals surface area contributed by atoms with Crippen molar-refractivity contribution in [3.05, 3.63) is 70.8 Å². The van der Waals surface area contributed by atoms with Gasteiger partial charge in [-0.3, -0.25) is 9.69 Å². The van der Waals surface area contributed by atoms with Crippen molar-refractivity contribution in [1.29, 1.82) is 0 Å². The van der Waals surface area contributed by atoms with Crippen molar-refractivity contribution in [2.75, 3.05) is 7.11 Å². The number of methoxy groups -OCH3 is 1. The summed E-state index contributed by atoms with van der Waals surface area (Å²) >= 11 is 5.75. The molecule has 2 fully saturated rings. The number of hydrogen-bond donors (Lipinski definition) is 1. The summed E-state index contributed by atoms with van der Waals surface area (Å²) in [5.41, 5.74) is 4.15. The van der Waals surface area contributed by atoms with E-state index in [1.807, 2.05) is 18.7 Å².